The van der Waals surface area contributed by atoms with Crippen LogP contribution in [0.15, 0.2) is 91.0 Å². The lowest BCUT2D eigenvalue weighted by molar-refractivity contribution is -0.142. The molecule has 0 aliphatic heterocycles. The molecule has 0 bridgehead atoms. The number of amides is 7. The Hall–Kier alpha value is -6.17. The van der Waals surface area contributed by atoms with Crippen LogP contribution in [0.3, 0.4) is 0 Å². The summed E-state index contributed by atoms with van der Waals surface area (Å²) in [6.45, 7) is 3.66. The highest BCUT2D eigenvalue weighted by atomic mass is 16.2. The topological polar surface area (TPSA) is 269 Å². The molecule has 0 heterocycles. The van der Waals surface area contributed by atoms with Crippen LogP contribution in [0.4, 0.5) is 0 Å². The summed E-state index contributed by atoms with van der Waals surface area (Å²) in [6, 6.07) is 26.1. The maximum atomic E-state index is 14.7. The fraction of sp³-hybridized carbons (Fsp3) is 0.627. The van der Waals surface area contributed by atoms with Gasteiger partial charge in [-0.15, -0.1) is 0 Å². The zero-order valence-electron chi connectivity index (χ0n) is 51.3. The van der Waals surface area contributed by atoms with Crippen LogP contribution in [-0.2, 0) is 52.8 Å². The van der Waals surface area contributed by atoms with E-state index in [2.05, 4.69) is 22.9 Å². The number of aryl methyl sites for hydroxylation is 3. The number of unbranched alkanes of at least 4 members (excludes halogenated alkanes) is 15. The average molecular weight is 1170 g/mol. The van der Waals surface area contributed by atoms with Crippen molar-refractivity contribution in [2.75, 3.05) is 58.9 Å². The highest BCUT2D eigenvalue weighted by molar-refractivity contribution is 5.90. The van der Waals surface area contributed by atoms with E-state index in [0.717, 1.165) is 36.0 Å². The molecular weight excluding hydrogens is 1060 g/mol. The maximum absolute atomic E-state index is 14.7. The molecule has 11 N–H and O–H groups in total. The van der Waals surface area contributed by atoms with Crippen LogP contribution in [0.25, 0.3) is 0 Å². The van der Waals surface area contributed by atoms with E-state index in [1.54, 1.807) is 4.90 Å². The smallest absolute Gasteiger partial charge is 0.242 e. The highest BCUT2D eigenvalue weighted by Crippen LogP contribution is 2.19. The number of nitrogens with one attached hydrogen (secondary N) is 3. The van der Waals surface area contributed by atoms with Crippen molar-refractivity contribution in [3.8, 4) is 0 Å². The Kier molecular flexibility index (Phi) is 39.6. The molecule has 17 nitrogen and oxygen atoms in total. The summed E-state index contributed by atoms with van der Waals surface area (Å²) in [5.74, 6) is -2.38. The Morgan fingerprint density at radius 2 is 0.690 bits per heavy atom. The Morgan fingerprint density at radius 3 is 1.02 bits per heavy atom. The van der Waals surface area contributed by atoms with Crippen molar-refractivity contribution in [2.45, 2.75) is 211 Å². The molecule has 0 radical (unpaired) electrons. The molecule has 0 spiro atoms. The van der Waals surface area contributed by atoms with Gasteiger partial charge in [-0.25, -0.2) is 0 Å². The first kappa shape index (κ1) is 72.1. The number of primary amides is 1. The van der Waals surface area contributed by atoms with Gasteiger partial charge < -0.3 is 53.6 Å². The fourth-order valence-electron chi connectivity index (χ4n) is 10.8. The van der Waals surface area contributed by atoms with Gasteiger partial charge in [0, 0.05) is 65.0 Å². The summed E-state index contributed by atoms with van der Waals surface area (Å²) >= 11 is 0. The van der Waals surface area contributed by atoms with E-state index in [4.69, 9.17) is 22.9 Å². The predicted molar refractivity (Wildman–Crippen MR) is 338 cm³/mol. The standard InChI is InChI=1S/C67H108N10O7/c1-2-3-4-5-6-7-8-9-10-11-12-13-23-39-61(78)72-49-52-76(63(80)44-41-56-32-19-15-20-33-56)59(37-25-28-47-69)66(83)74-51-54-77(64(81)45-42-57-34-21-16-22-35-57)60(38-26-29-48-70)67(84)73-50-53-75(58(65(71)82)36-24-27-46-68)62(79)43-40-55-30-17-14-18-31-55/h14-22,30-35,58-60H,2-13,23-29,36-54,68-70H2,1H3,(H2,71,82)(H,72,78)(H,73,84)(H,74,83)/t58-,59-,60-/m0/s1. The molecule has 0 aromatic heterocycles. The van der Waals surface area contributed by atoms with Crippen molar-refractivity contribution in [3.63, 3.8) is 0 Å². The molecule has 468 valence electrons. The van der Waals surface area contributed by atoms with E-state index in [1.165, 1.54) is 74.0 Å². The van der Waals surface area contributed by atoms with Crippen molar-refractivity contribution in [1.82, 2.24) is 30.7 Å². The molecule has 3 aromatic rings. The third kappa shape index (κ3) is 31.1. The van der Waals surface area contributed by atoms with E-state index in [0.29, 0.717) is 96.7 Å². The molecule has 84 heavy (non-hydrogen) atoms. The second-order valence-electron chi connectivity index (χ2n) is 22.4. The summed E-state index contributed by atoms with van der Waals surface area (Å²) in [5.41, 5.74) is 26.5. The van der Waals surface area contributed by atoms with Crippen LogP contribution >= 0.6 is 0 Å². The van der Waals surface area contributed by atoms with Crippen LogP contribution in [0.1, 0.15) is 191 Å². The van der Waals surface area contributed by atoms with Crippen molar-refractivity contribution in [2.24, 2.45) is 22.9 Å². The number of carbonyl (C=O) groups is 7. The van der Waals surface area contributed by atoms with Gasteiger partial charge in [0.05, 0.1) is 0 Å². The van der Waals surface area contributed by atoms with E-state index in [9.17, 15) is 33.6 Å². The molecule has 0 aliphatic carbocycles. The van der Waals surface area contributed by atoms with Crippen LogP contribution in [0, 0.1) is 0 Å². The molecule has 7 amide bonds. The molecule has 17 heteroatoms. The second-order valence-corrected chi connectivity index (χ2v) is 22.4. The molecule has 0 unspecified atom stereocenters. The average Bonchev–Trinajstić information content (AvgIpc) is 3.70. The molecule has 0 saturated carbocycles. The van der Waals surface area contributed by atoms with E-state index in [-0.39, 0.29) is 88.6 Å². The van der Waals surface area contributed by atoms with Gasteiger partial charge in [0.25, 0.3) is 0 Å². The number of nitrogens with two attached hydrogens (primary N) is 4. The summed E-state index contributed by atoms with van der Waals surface area (Å²) in [4.78, 5) is 103. The lowest BCUT2D eigenvalue weighted by Crippen LogP contribution is -2.55. The molecular formula is C67H108N10O7. The monoisotopic (exact) mass is 1160 g/mol. The van der Waals surface area contributed by atoms with Gasteiger partial charge in [-0.3, -0.25) is 33.6 Å². The second kappa shape index (κ2) is 46.2. The van der Waals surface area contributed by atoms with Crippen LogP contribution < -0.4 is 38.9 Å². The lowest BCUT2D eigenvalue weighted by atomic mass is 10.0. The maximum Gasteiger partial charge on any atom is 0.242 e. The number of hydrogen-bond acceptors (Lipinski definition) is 10. The van der Waals surface area contributed by atoms with Crippen molar-refractivity contribution >= 4 is 41.4 Å². The van der Waals surface area contributed by atoms with Crippen molar-refractivity contribution in [1.29, 1.82) is 0 Å². The van der Waals surface area contributed by atoms with Gasteiger partial charge in [-0.1, -0.05) is 175 Å². The summed E-state index contributed by atoms with van der Waals surface area (Å²) < 4.78 is 0. The molecule has 3 atom stereocenters. The minimum absolute atomic E-state index is 0.00159. The first-order valence-electron chi connectivity index (χ1n) is 32.2. The van der Waals surface area contributed by atoms with Crippen molar-refractivity contribution in [3.05, 3.63) is 108 Å². The summed E-state index contributed by atoms with van der Waals surface area (Å²) in [5, 5.41) is 9.07. The lowest BCUT2D eigenvalue weighted by Gasteiger charge is -2.34. The van der Waals surface area contributed by atoms with Gasteiger partial charge in [-0.05, 0) is 120 Å². The zero-order chi connectivity index (χ0) is 60.8. The predicted octanol–water partition coefficient (Wildman–Crippen LogP) is 8.18. The Bertz CT molecular complexity index is 2260. The highest BCUT2D eigenvalue weighted by Gasteiger charge is 2.33. The molecule has 0 aliphatic rings. The summed E-state index contributed by atoms with van der Waals surface area (Å²) in [7, 11) is 0. The molecule has 3 aromatic carbocycles. The summed E-state index contributed by atoms with van der Waals surface area (Å²) in [6.07, 6.45) is 22.3. The third-order valence-corrected chi connectivity index (χ3v) is 15.7. The largest absolute Gasteiger partial charge is 0.368 e. The van der Waals surface area contributed by atoms with Gasteiger partial charge in [0.1, 0.15) is 18.1 Å². The Morgan fingerprint density at radius 1 is 0.381 bits per heavy atom. The SMILES string of the molecule is CCCCCCCCCCCCCCCC(=O)NCCN(C(=O)CCc1ccccc1)[C@@H](CCCCN)C(=O)NCCN(C(=O)CCc1ccccc1)[C@@H](CCCCN)C(=O)NCCN(C(=O)CCc1ccccc1)[C@@H](CCCCN)C(N)=O. The molecule has 0 saturated heterocycles. The quantitative estimate of drug-likeness (QED) is 0.0266. The Balaban J connectivity index is 1.81. The zero-order valence-corrected chi connectivity index (χ0v) is 51.3. The molecule has 3 rings (SSSR count). The minimum Gasteiger partial charge on any atom is -0.368 e. The number of rotatable bonds is 50. The van der Waals surface area contributed by atoms with E-state index >= 15 is 0 Å². The van der Waals surface area contributed by atoms with Gasteiger partial charge in [-0.2, -0.15) is 0 Å². The first-order valence-corrected chi connectivity index (χ1v) is 32.2. The van der Waals surface area contributed by atoms with Gasteiger partial charge in [0.15, 0.2) is 0 Å². The molecule has 0 fully saturated rings. The first-order chi connectivity index (χ1) is 40.9. The van der Waals surface area contributed by atoms with Crippen LogP contribution in [0.5, 0.6) is 0 Å². The van der Waals surface area contributed by atoms with Crippen LogP contribution in [0.2, 0.25) is 0 Å². The van der Waals surface area contributed by atoms with Crippen molar-refractivity contribution < 1.29 is 33.6 Å². The third-order valence-electron chi connectivity index (χ3n) is 15.7. The Labute approximate surface area is 504 Å². The van der Waals surface area contributed by atoms with E-state index in [1.807, 2.05) is 91.0 Å². The van der Waals surface area contributed by atoms with Gasteiger partial charge in [0.2, 0.25) is 41.4 Å². The fourth-order valence-corrected chi connectivity index (χ4v) is 10.8. The number of nitrogens with zero attached hydrogens (tertiary/aromatic N) is 3. The normalized spacial score (nSPS) is 12.2. The minimum atomic E-state index is -0.977. The number of benzene rings is 3. The van der Waals surface area contributed by atoms with Crippen LogP contribution in [-0.4, -0.2) is 133 Å². The number of carbonyl (C=O) groups excluding carboxylic acids is 7. The number of hydrogen-bond donors (Lipinski definition) is 7. The van der Waals surface area contributed by atoms with E-state index < -0.39 is 35.8 Å². The van der Waals surface area contributed by atoms with Gasteiger partial charge >= 0.3 is 0 Å².